The lowest BCUT2D eigenvalue weighted by atomic mass is 9.95. The van der Waals surface area contributed by atoms with Gasteiger partial charge in [-0.15, -0.1) is 0 Å². The summed E-state index contributed by atoms with van der Waals surface area (Å²) in [7, 11) is 0. The molecule has 0 aliphatic heterocycles. The number of rotatable bonds is 7. The maximum absolute atomic E-state index is 14.7. The highest BCUT2D eigenvalue weighted by Crippen LogP contribution is 2.41. The second kappa shape index (κ2) is 10.9. The van der Waals surface area contributed by atoms with Crippen molar-refractivity contribution < 1.29 is 13.6 Å². The van der Waals surface area contributed by atoms with E-state index in [1.807, 2.05) is 60.7 Å². The highest BCUT2D eigenvalue weighted by Gasteiger charge is 2.43. The molecule has 6 rings (SSSR count). The molecule has 1 saturated carbocycles. The van der Waals surface area contributed by atoms with Crippen LogP contribution in [0.1, 0.15) is 30.0 Å². The number of nitrogens with one attached hydrogen (secondary N) is 1. The second-order valence-corrected chi connectivity index (χ2v) is 10.4. The Morgan fingerprint density at radius 1 is 1.00 bits per heavy atom. The van der Waals surface area contributed by atoms with E-state index in [1.165, 1.54) is 18.5 Å². The van der Waals surface area contributed by atoms with Gasteiger partial charge in [-0.2, -0.15) is 5.26 Å². The molecule has 1 fully saturated rings. The quantitative estimate of drug-likeness (QED) is 0.208. The molecule has 0 radical (unpaired) electrons. The molecule has 2 aromatic heterocycles. The van der Waals surface area contributed by atoms with Gasteiger partial charge in [0, 0.05) is 53.2 Å². The molecule has 1 aliphatic rings. The summed E-state index contributed by atoms with van der Waals surface area (Å²) in [5.74, 6) is -3.70. The van der Waals surface area contributed by atoms with Crippen LogP contribution in [0.15, 0.2) is 109 Å². The van der Waals surface area contributed by atoms with Crippen molar-refractivity contribution in [2.75, 3.05) is 5.32 Å². The minimum absolute atomic E-state index is 0.156. The number of anilines is 1. The van der Waals surface area contributed by atoms with Crippen LogP contribution in [0.4, 0.5) is 20.3 Å². The molecule has 0 spiro atoms. The van der Waals surface area contributed by atoms with Crippen molar-refractivity contribution in [1.29, 1.82) is 5.26 Å². The first-order valence-corrected chi connectivity index (χ1v) is 13.5. The van der Waals surface area contributed by atoms with E-state index in [0.717, 1.165) is 18.1 Å². The standard InChI is InChI=1S/C34H25F2N5O/c1-34(35,36)29-12-13-38-19-27(29)23-14-24-17-31(41-33(42)26-15-25(26)18-37)39-20-28(24)30(16-23)40-32(21-8-4-2-5-9-21)22-10-6-3-7-11-22/h2-14,16-17,19-20,25-26H,15H2,1H3,(H,39,41,42)/t25-,26+/m1/s1. The molecule has 1 aliphatic carbocycles. The Labute approximate surface area is 241 Å². The Kier molecular flexibility index (Phi) is 7.01. The molecule has 2 atom stereocenters. The first kappa shape index (κ1) is 26.9. The zero-order chi connectivity index (χ0) is 29.3. The van der Waals surface area contributed by atoms with E-state index >= 15 is 0 Å². The second-order valence-electron chi connectivity index (χ2n) is 10.4. The van der Waals surface area contributed by atoms with Gasteiger partial charge in [0.25, 0.3) is 5.92 Å². The number of alkyl halides is 2. The van der Waals surface area contributed by atoms with E-state index in [2.05, 4.69) is 21.4 Å². The number of benzene rings is 3. The summed E-state index contributed by atoms with van der Waals surface area (Å²) in [6.07, 6.45) is 4.92. The fourth-order valence-corrected chi connectivity index (χ4v) is 5.02. The fourth-order valence-electron chi connectivity index (χ4n) is 5.02. The predicted octanol–water partition coefficient (Wildman–Crippen LogP) is 7.68. The third-order valence-corrected chi connectivity index (χ3v) is 7.29. The molecular weight excluding hydrogens is 532 g/mol. The minimum atomic E-state index is -3.10. The highest BCUT2D eigenvalue weighted by atomic mass is 19.3. The first-order chi connectivity index (χ1) is 20.3. The SMILES string of the molecule is CC(F)(F)c1ccncc1-c1cc(N=C(c2ccccc2)c2ccccc2)c2cnc(NC(=O)[C@H]3C[C@@H]3C#N)cc2c1. The van der Waals surface area contributed by atoms with Crippen molar-refractivity contribution in [2.45, 2.75) is 19.3 Å². The smallest absolute Gasteiger partial charge is 0.271 e. The van der Waals surface area contributed by atoms with Crippen molar-refractivity contribution in [3.8, 4) is 17.2 Å². The van der Waals surface area contributed by atoms with Gasteiger partial charge in [-0.05, 0) is 41.6 Å². The average Bonchev–Trinajstić information content (AvgIpc) is 3.80. The van der Waals surface area contributed by atoms with E-state index < -0.39 is 5.92 Å². The van der Waals surface area contributed by atoms with Gasteiger partial charge in [-0.3, -0.25) is 9.78 Å². The fraction of sp³-hybridized carbons (Fsp3) is 0.147. The zero-order valence-corrected chi connectivity index (χ0v) is 22.6. The molecule has 8 heteroatoms. The summed E-state index contributed by atoms with van der Waals surface area (Å²) >= 11 is 0. The lowest BCUT2D eigenvalue weighted by Gasteiger charge is -2.17. The third-order valence-electron chi connectivity index (χ3n) is 7.29. The van der Waals surface area contributed by atoms with E-state index in [0.29, 0.717) is 40.0 Å². The molecular formula is C34H25F2N5O. The largest absolute Gasteiger partial charge is 0.310 e. The zero-order valence-electron chi connectivity index (χ0n) is 22.6. The number of nitriles is 1. The summed E-state index contributed by atoms with van der Waals surface area (Å²) in [5, 5.41) is 13.2. The number of aromatic nitrogens is 2. The molecule has 0 saturated heterocycles. The average molecular weight is 558 g/mol. The number of hydrogen-bond acceptors (Lipinski definition) is 5. The minimum Gasteiger partial charge on any atom is -0.310 e. The van der Waals surface area contributed by atoms with Crippen molar-refractivity contribution in [3.05, 3.63) is 120 Å². The lowest BCUT2D eigenvalue weighted by Crippen LogP contribution is -2.15. The van der Waals surface area contributed by atoms with Crippen molar-refractivity contribution >= 4 is 33.9 Å². The number of pyridine rings is 2. The monoisotopic (exact) mass is 557 g/mol. The van der Waals surface area contributed by atoms with Gasteiger partial charge in [0.05, 0.1) is 29.3 Å². The highest BCUT2D eigenvalue weighted by molar-refractivity contribution is 6.15. The van der Waals surface area contributed by atoms with Crippen LogP contribution in [0, 0.1) is 23.2 Å². The van der Waals surface area contributed by atoms with Crippen LogP contribution >= 0.6 is 0 Å². The number of carbonyl (C=O) groups is 1. The van der Waals surface area contributed by atoms with Crippen LogP contribution in [-0.4, -0.2) is 21.6 Å². The Bertz CT molecular complexity index is 1820. The summed E-state index contributed by atoms with van der Waals surface area (Å²) in [6.45, 7) is 0.860. The van der Waals surface area contributed by atoms with Crippen molar-refractivity contribution in [3.63, 3.8) is 0 Å². The van der Waals surface area contributed by atoms with Crippen LogP contribution in [0.5, 0.6) is 0 Å². The van der Waals surface area contributed by atoms with Gasteiger partial charge in [-0.1, -0.05) is 60.7 Å². The van der Waals surface area contributed by atoms with Gasteiger partial charge >= 0.3 is 0 Å². The lowest BCUT2D eigenvalue weighted by molar-refractivity contribution is -0.117. The topological polar surface area (TPSA) is 91.0 Å². The number of hydrogen-bond donors (Lipinski definition) is 1. The number of carbonyl (C=O) groups excluding carboxylic acids is 1. The van der Waals surface area contributed by atoms with Gasteiger partial charge in [0.2, 0.25) is 5.91 Å². The first-order valence-electron chi connectivity index (χ1n) is 13.5. The van der Waals surface area contributed by atoms with Gasteiger partial charge < -0.3 is 5.32 Å². The number of nitrogens with zero attached hydrogens (tertiary/aromatic N) is 4. The predicted molar refractivity (Wildman–Crippen MR) is 159 cm³/mol. The Morgan fingerprint density at radius 3 is 2.31 bits per heavy atom. The van der Waals surface area contributed by atoms with Crippen LogP contribution in [-0.2, 0) is 10.7 Å². The molecule has 1 N–H and O–H groups in total. The number of amides is 1. The molecule has 1 amide bonds. The molecule has 2 heterocycles. The Balaban J connectivity index is 1.55. The van der Waals surface area contributed by atoms with Crippen LogP contribution in [0.25, 0.3) is 21.9 Å². The van der Waals surface area contributed by atoms with Gasteiger partial charge in [-0.25, -0.2) is 18.8 Å². The van der Waals surface area contributed by atoms with Gasteiger partial charge in [0.1, 0.15) is 5.82 Å². The Hall–Kier alpha value is -5.29. The molecule has 42 heavy (non-hydrogen) atoms. The van der Waals surface area contributed by atoms with Crippen molar-refractivity contribution in [2.24, 2.45) is 16.8 Å². The summed E-state index contributed by atoms with van der Waals surface area (Å²) < 4.78 is 29.4. The van der Waals surface area contributed by atoms with E-state index in [1.54, 1.807) is 24.4 Å². The van der Waals surface area contributed by atoms with E-state index in [9.17, 15) is 13.6 Å². The molecule has 0 unspecified atom stereocenters. The Morgan fingerprint density at radius 2 is 1.69 bits per heavy atom. The number of aliphatic imine (C=N–C) groups is 1. The normalized spacial score (nSPS) is 16.0. The van der Waals surface area contributed by atoms with Crippen LogP contribution < -0.4 is 5.32 Å². The van der Waals surface area contributed by atoms with Gasteiger partial charge in [0.15, 0.2) is 0 Å². The summed E-state index contributed by atoms with van der Waals surface area (Å²) in [6, 6.07) is 28.1. The number of fused-ring (bicyclic) bond motifs is 1. The summed E-state index contributed by atoms with van der Waals surface area (Å²) in [4.78, 5) is 26.3. The molecule has 206 valence electrons. The maximum Gasteiger partial charge on any atom is 0.271 e. The van der Waals surface area contributed by atoms with Crippen LogP contribution in [0.3, 0.4) is 0 Å². The number of halogens is 2. The molecule has 6 nitrogen and oxygen atoms in total. The van der Waals surface area contributed by atoms with Crippen LogP contribution in [0.2, 0.25) is 0 Å². The summed E-state index contributed by atoms with van der Waals surface area (Å²) in [5.41, 5.74) is 3.63. The third kappa shape index (κ3) is 5.50. The molecule has 5 aromatic rings. The van der Waals surface area contributed by atoms with E-state index in [-0.39, 0.29) is 28.9 Å². The van der Waals surface area contributed by atoms with Crippen molar-refractivity contribution in [1.82, 2.24) is 9.97 Å². The maximum atomic E-state index is 14.7. The molecule has 3 aromatic carbocycles. The van der Waals surface area contributed by atoms with E-state index in [4.69, 9.17) is 10.3 Å². The molecule has 0 bridgehead atoms.